The normalized spacial score (nSPS) is 12.0. The molecule has 5 nitrogen and oxygen atoms in total. The molecule has 0 radical (unpaired) electrons. The van der Waals surface area contributed by atoms with E-state index in [4.69, 9.17) is 4.74 Å². The van der Waals surface area contributed by atoms with Crippen LogP contribution in [-0.2, 0) is 9.53 Å². The van der Waals surface area contributed by atoms with Crippen LogP contribution in [-0.4, -0.2) is 24.6 Å². The lowest BCUT2D eigenvalue weighted by Gasteiger charge is -2.13. The van der Waals surface area contributed by atoms with E-state index in [1.807, 2.05) is 19.1 Å². The smallest absolute Gasteiger partial charge is 0.330 e. The van der Waals surface area contributed by atoms with Gasteiger partial charge in [0.15, 0.2) is 0 Å². The van der Waals surface area contributed by atoms with Crippen LogP contribution in [0, 0.1) is 0 Å². The van der Waals surface area contributed by atoms with E-state index in [1.54, 1.807) is 25.1 Å². The fourth-order valence-electron chi connectivity index (χ4n) is 1.93. The van der Waals surface area contributed by atoms with E-state index < -0.39 is 0 Å². The lowest BCUT2D eigenvalue weighted by atomic mass is 10.2. The first-order valence-electron chi connectivity index (χ1n) is 7.57. The van der Waals surface area contributed by atoms with E-state index in [9.17, 15) is 9.59 Å². The molecule has 0 aliphatic rings. The van der Waals surface area contributed by atoms with E-state index in [0.717, 1.165) is 18.4 Å². The molecular weight excluding hydrogens is 280 g/mol. The van der Waals surface area contributed by atoms with Crippen molar-refractivity contribution in [3.8, 4) is 0 Å². The molecule has 5 heteroatoms. The van der Waals surface area contributed by atoms with Gasteiger partial charge in [0, 0.05) is 17.8 Å². The highest BCUT2D eigenvalue weighted by Gasteiger charge is 2.06. The maximum atomic E-state index is 11.8. The molecule has 0 heterocycles. The molecule has 1 atom stereocenters. The predicted molar refractivity (Wildman–Crippen MR) is 88.6 cm³/mol. The van der Waals surface area contributed by atoms with E-state index in [0.29, 0.717) is 12.3 Å². The number of nitrogens with one attached hydrogen (secondary N) is 2. The first-order valence-corrected chi connectivity index (χ1v) is 7.57. The molecule has 1 unspecified atom stereocenters. The SMILES string of the molecule is CCCC(C)NC(=O)Nc1ccc(/C=C/C(=O)OCC)cc1. The molecule has 0 bridgehead atoms. The summed E-state index contributed by atoms with van der Waals surface area (Å²) in [5, 5.41) is 5.65. The van der Waals surface area contributed by atoms with Gasteiger partial charge < -0.3 is 15.4 Å². The summed E-state index contributed by atoms with van der Waals surface area (Å²) in [5.41, 5.74) is 1.56. The Hall–Kier alpha value is -2.30. The van der Waals surface area contributed by atoms with Crippen LogP contribution in [0.2, 0.25) is 0 Å². The van der Waals surface area contributed by atoms with Gasteiger partial charge in [0.25, 0.3) is 0 Å². The number of hydrogen-bond acceptors (Lipinski definition) is 3. The molecule has 0 saturated carbocycles. The minimum Gasteiger partial charge on any atom is -0.463 e. The topological polar surface area (TPSA) is 67.4 Å². The summed E-state index contributed by atoms with van der Waals surface area (Å²) in [5.74, 6) is -0.367. The first-order chi connectivity index (χ1) is 10.5. The summed E-state index contributed by atoms with van der Waals surface area (Å²) < 4.78 is 4.81. The van der Waals surface area contributed by atoms with Gasteiger partial charge in [0.05, 0.1) is 6.61 Å². The molecule has 2 amide bonds. The standard InChI is InChI=1S/C17H24N2O3/c1-4-6-13(3)18-17(21)19-15-10-7-14(8-11-15)9-12-16(20)22-5-2/h7-13H,4-6H2,1-3H3,(H2,18,19,21)/b12-9+. The molecular formula is C17H24N2O3. The van der Waals surface area contributed by atoms with Crippen molar-refractivity contribution in [1.82, 2.24) is 5.32 Å². The van der Waals surface area contributed by atoms with Gasteiger partial charge in [0.2, 0.25) is 0 Å². The molecule has 0 aliphatic carbocycles. The van der Waals surface area contributed by atoms with Crippen molar-refractivity contribution in [2.24, 2.45) is 0 Å². The summed E-state index contributed by atoms with van der Waals surface area (Å²) in [4.78, 5) is 23.0. The Morgan fingerprint density at radius 1 is 1.23 bits per heavy atom. The van der Waals surface area contributed by atoms with Crippen LogP contribution in [0.3, 0.4) is 0 Å². The minimum atomic E-state index is -0.367. The third-order valence-corrected chi connectivity index (χ3v) is 2.97. The molecule has 0 saturated heterocycles. The van der Waals surface area contributed by atoms with Crippen LogP contribution in [0.25, 0.3) is 6.08 Å². The molecule has 1 aromatic rings. The molecule has 22 heavy (non-hydrogen) atoms. The van der Waals surface area contributed by atoms with Gasteiger partial charge in [-0.25, -0.2) is 9.59 Å². The van der Waals surface area contributed by atoms with Crippen LogP contribution < -0.4 is 10.6 Å². The van der Waals surface area contributed by atoms with Gasteiger partial charge in [-0.3, -0.25) is 0 Å². The zero-order valence-electron chi connectivity index (χ0n) is 13.4. The third-order valence-electron chi connectivity index (χ3n) is 2.97. The number of hydrogen-bond donors (Lipinski definition) is 2. The van der Waals surface area contributed by atoms with Crippen molar-refractivity contribution < 1.29 is 14.3 Å². The summed E-state index contributed by atoms with van der Waals surface area (Å²) in [6.45, 7) is 6.18. The molecule has 0 fully saturated rings. The molecule has 1 aromatic carbocycles. The fraction of sp³-hybridized carbons (Fsp3) is 0.412. The molecule has 120 valence electrons. The Bertz CT molecular complexity index is 509. The van der Waals surface area contributed by atoms with E-state index in [1.165, 1.54) is 6.08 Å². The Kier molecular flexibility index (Phi) is 7.75. The second-order valence-corrected chi connectivity index (χ2v) is 5.00. The molecule has 0 aliphatic heterocycles. The maximum Gasteiger partial charge on any atom is 0.330 e. The lowest BCUT2D eigenvalue weighted by molar-refractivity contribution is -0.137. The zero-order chi connectivity index (χ0) is 16.4. The highest BCUT2D eigenvalue weighted by Crippen LogP contribution is 2.11. The second-order valence-electron chi connectivity index (χ2n) is 5.00. The van der Waals surface area contributed by atoms with Gasteiger partial charge in [-0.15, -0.1) is 0 Å². The van der Waals surface area contributed by atoms with Crippen LogP contribution in [0.4, 0.5) is 10.5 Å². The molecule has 0 spiro atoms. The molecule has 2 N–H and O–H groups in total. The van der Waals surface area contributed by atoms with Crippen LogP contribution in [0.15, 0.2) is 30.3 Å². The largest absolute Gasteiger partial charge is 0.463 e. The summed E-state index contributed by atoms with van der Waals surface area (Å²) >= 11 is 0. The summed E-state index contributed by atoms with van der Waals surface area (Å²) in [6.07, 6.45) is 5.03. The number of amides is 2. The van der Waals surface area contributed by atoms with Crippen LogP contribution in [0.1, 0.15) is 39.2 Å². The average Bonchev–Trinajstić information content (AvgIpc) is 2.47. The Balaban J connectivity index is 2.51. The second kappa shape index (κ2) is 9.60. The van der Waals surface area contributed by atoms with E-state index in [2.05, 4.69) is 17.6 Å². The van der Waals surface area contributed by atoms with Crippen molar-refractivity contribution >= 4 is 23.8 Å². The molecule has 0 aromatic heterocycles. The van der Waals surface area contributed by atoms with Gasteiger partial charge in [-0.2, -0.15) is 0 Å². The monoisotopic (exact) mass is 304 g/mol. The number of carbonyl (C=O) groups is 2. The van der Waals surface area contributed by atoms with Crippen LogP contribution >= 0.6 is 0 Å². The summed E-state index contributed by atoms with van der Waals surface area (Å²) in [6, 6.07) is 7.15. The van der Waals surface area contributed by atoms with E-state index >= 15 is 0 Å². The van der Waals surface area contributed by atoms with Gasteiger partial charge in [-0.05, 0) is 44.0 Å². The number of benzene rings is 1. The number of carbonyl (C=O) groups excluding carboxylic acids is 2. The lowest BCUT2D eigenvalue weighted by Crippen LogP contribution is -2.35. The van der Waals surface area contributed by atoms with Gasteiger partial charge >= 0.3 is 12.0 Å². The fourth-order valence-corrected chi connectivity index (χ4v) is 1.93. The minimum absolute atomic E-state index is 0.150. The van der Waals surface area contributed by atoms with E-state index in [-0.39, 0.29) is 18.0 Å². The van der Waals surface area contributed by atoms with Crippen molar-refractivity contribution in [2.45, 2.75) is 39.7 Å². The number of anilines is 1. The van der Waals surface area contributed by atoms with Crippen molar-refractivity contribution in [3.63, 3.8) is 0 Å². The summed E-state index contributed by atoms with van der Waals surface area (Å²) in [7, 11) is 0. The predicted octanol–water partition coefficient (Wildman–Crippen LogP) is 3.57. The number of ether oxygens (including phenoxy) is 1. The molecule has 1 rings (SSSR count). The van der Waals surface area contributed by atoms with Crippen molar-refractivity contribution in [2.75, 3.05) is 11.9 Å². The number of esters is 1. The number of urea groups is 1. The number of rotatable bonds is 7. The average molecular weight is 304 g/mol. The highest BCUT2D eigenvalue weighted by atomic mass is 16.5. The Labute approximate surface area is 131 Å². The maximum absolute atomic E-state index is 11.8. The quantitative estimate of drug-likeness (QED) is 0.597. The van der Waals surface area contributed by atoms with Gasteiger partial charge in [0.1, 0.15) is 0 Å². The van der Waals surface area contributed by atoms with Gasteiger partial charge in [-0.1, -0.05) is 25.5 Å². The highest BCUT2D eigenvalue weighted by molar-refractivity contribution is 5.90. The third kappa shape index (κ3) is 6.92. The van der Waals surface area contributed by atoms with Crippen molar-refractivity contribution in [1.29, 1.82) is 0 Å². The Morgan fingerprint density at radius 3 is 2.50 bits per heavy atom. The zero-order valence-corrected chi connectivity index (χ0v) is 13.4. The van der Waals surface area contributed by atoms with Crippen LogP contribution in [0.5, 0.6) is 0 Å². The first kappa shape index (κ1) is 17.8. The van der Waals surface area contributed by atoms with Crippen molar-refractivity contribution in [3.05, 3.63) is 35.9 Å². The Morgan fingerprint density at radius 2 is 1.91 bits per heavy atom.